The van der Waals surface area contributed by atoms with Crippen LogP contribution in [0.4, 0.5) is 0 Å². The number of imidazole rings is 1. The maximum atomic E-state index is 10.3. The monoisotopic (exact) mass is 462 g/mol. The number of aromatic nitrogens is 2. The summed E-state index contributed by atoms with van der Waals surface area (Å²) >= 11 is 0. The Balaban J connectivity index is 1.15. The van der Waals surface area contributed by atoms with Gasteiger partial charge >= 0.3 is 0 Å². The van der Waals surface area contributed by atoms with E-state index in [0.29, 0.717) is 10.8 Å². The molecule has 4 aliphatic rings. The number of aromatic amines is 1. The van der Waals surface area contributed by atoms with Crippen LogP contribution in [0.25, 0.3) is 11.0 Å². The smallest absolute Gasteiger partial charge is 0.107 e. The van der Waals surface area contributed by atoms with Crippen molar-refractivity contribution in [3.8, 4) is 0 Å². The summed E-state index contributed by atoms with van der Waals surface area (Å²) in [5.41, 5.74) is 4.62. The van der Waals surface area contributed by atoms with Crippen LogP contribution < -0.4 is 0 Å². The number of aliphatic hydroxyl groups excluding tert-OH is 1. The number of aryl methyl sites for hydroxylation is 2. The summed E-state index contributed by atoms with van der Waals surface area (Å²) in [6.45, 7) is 9.99. The van der Waals surface area contributed by atoms with E-state index in [1.54, 1.807) is 0 Å². The maximum absolute atomic E-state index is 10.3. The Morgan fingerprint density at radius 3 is 2.68 bits per heavy atom. The van der Waals surface area contributed by atoms with Crippen molar-refractivity contribution >= 4 is 11.0 Å². The van der Waals surface area contributed by atoms with Crippen LogP contribution in [-0.4, -0.2) is 21.2 Å². The van der Waals surface area contributed by atoms with E-state index in [0.717, 1.165) is 60.3 Å². The van der Waals surface area contributed by atoms with Gasteiger partial charge in [-0.1, -0.05) is 26.8 Å². The van der Waals surface area contributed by atoms with Crippen LogP contribution in [0.5, 0.6) is 0 Å². The predicted molar refractivity (Wildman–Crippen MR) is 140 cm³/mol. The second-order valence-electron chi connectivity index (χ2n) is 13.5. The van der Waals surface area contributed by atoms with Crippen molar-refractivity contribution in [2.24, 2.45) is 46.3 Å². The molecule has 4 fully saturated rings. The molecular formula is C31H46N2O. The molecule has 1 aromatic heterocycles. The Bertz CT molecular complexity index is 1040. The van der Waals surface area contributed by atoms with Gasteiger partial charge in [0.2, 0.25) is 0 Å². The fourth-order valence-electron chi connectivity index (χ4n) is 10.1. The highest BCUT2D eigenvalue weighted by Crippen LogP contribution is 2.68. The normalized spacial score (nSPS) is 42.7. The first kappa shape index (κ1) is 23.1. The zero-order chi connectivity index (χ0) is 23.7. The standard InChI is InChI=1S/C31H46N2O/c1-19-5-11-27-28(17-19)33-29(32-27)12-6-20(2)24-9-10-25-23-8-7-21-18-22(34)13-15-30(21,3)26(23)14-16-31(24,25)4/h5,11,17,20-26,34H,6-10,12-16,18H2,1-4H3,(H,32,33)/t20-,21+,22-,23+,24+,25-,26+,30-,31+/m0/s1. The van der Waals surface area contributed by atoms with Crippen LogP contribution in [0.3, 0.4) is 0 Å². The van der Waals surface area contributed by atoms with Gasteiger partial charge in [0.25, 0.3) is 0 Å². The van der Waals surface area contributed by atoms with Crippen LogP contribution in [0.2, 0.25) is 0 Å². The number of rotatable bonds is 4. The van der Waals surface area contributed by atoms with Crippen LogP contribution >= 0.6 is 0 Å². The molecule has 0 saturated heterocycles. The summed E-state index contributed by atoms with van der Waals surface area (Å²) in [6.07, 6.45) is 14.2. The molecule has 0 bridgehead atoms. The molecule has 9 atom stereocenters. The minimum Gasteiger partial charge on any atom is -0.393 e. The molecule has 3 nitrogen and oxygen atoms in total. The number of hydrogen-bond donors (Lipinski definition) is 2. The molecule has 1 heterocycles. The lowest BCUT2D eigenvalue weighted by atomic mass is 9.44. The van der Waals surface area contributed by atoms with Crippen LogP contribution in [-0.2, 0) is 6.42 Å². The van der Waals surface area contributed by atoms with Crippen molar-refractivity contribution in [3.05, 3.63) is 29.6 Å². The number of aliphatic hydroxyl groups is 1. The fourth-order valence-corrected chi connectivity index (χ4v) is 10.1. The predicted octanol–water partition coefficient (Wildman–Crippen LogP) is 7.46. The highest BCUT2D eigenvalue weighted by Gasteiger charge is 2.60. The number of H-pyrrole nitrogens is 1. The lowest BCUT2D eigenvalue weighted by Gasteiger charge is -2.61. The molecule has 0 spiro atoms. The molecule has 186 valence electrons. The summed E-state index contributed by atoms with van der Waals surface area (Å²) in [4.78, 5) is 8.47. The fraction of sp³-hybridized carbons (Fsp3) is 0.774. The minimum atomic E-state index is -0.0315. The van der Waals surface area contributed by atoms with Crippen molar-refractivity contribution in [1.82, 2.24) is 9.97 Å². The third-order valence-corrected chi connectivity index (χ3v) is 11.9. The number of benzene rings is 1. The SMILES string of the molecule is Cc1ccc2nc(CC[C@H](C)[C@H]3CC[C@H]4[C@H]5CC[C@@H]6C[C@@H](O)CC[C@]6(C)[C@@H]5CC[C@]34C)[nH]c2c1. The Kier molecular flexibility index (Phi) is 5.67. The van der Waals surface area contributed by atoms with Gasteiger partial charge < -0.3 is 10.1 Å². The molecule has 2 N–H and O–H groups in total. The first-order valence-corrected chi connectivity index (χ1v) is 14.4. The Hall–Kier alpha value is -1.35. The summed E-state index contributed by atoms with van der Waals surface area (Å²) in [7, 11) is 0. The van der Waals surface area contributed by atoms with Crippen LogP contribution in [0, 0.1) is 53.3 Å². The van der Waals surface area contributed by atoms with E-state index in [-0.39, 0.29) is 6.10 Å². The Morgan fingerprint density at radius 2 is 1.82 bits per heavy atom. The van der Waals surface area contributed by atoms with E-state index in [1.165, 1.54) is 68.3 Å². The van der Waals surface area contributed by atoms with Gasteiger partial charge in [-0.25, -0.2) is 4.98 Å². The average molecular weight is 463 g/mol. The zero-order valence-corrected chi connectivity index (χ0v) is 21.9. The summed E-state index contributed by atoms with van der Waals surface area (Å²) in [5.74, 6) is 6.34. The minimum absolute atomic E-state index is 0.0315. The van der Waals surface area contributed by atoms with E-state index in [4.69, 9.17) is 4.98 Å². The largest absolute Gasteiger partial charge is 0.393 e. The van der Waals surface area contributed by atoms with E-state index in [1.807, 2.05) is 0 Å². The van der Waals surface area contributed by atoms with Gasteiger partial charge in [-0.2, -0.15) is 0 Å². The lowest BCUT2D eigenvalue weighted by Crippen LogP contribution is -2.54. The van der Waals surface area contributed by atoms with Crippen molar-refractivity contribution in [1.29, 1.82) is 0 Å². The van der Waals surface area contributed by atoms with E-state index < -0.39 is 0 Å². The second kappa shape index (κ2) is 8.36. The molecule has 1 aromatic carbocycles. The van der Waals surface area contributed by atoms with Gasteiger partial charge in [0.1, 0.15) is 5.82 Å². The van der Waals surface area contributed by atoms with Gasteiger partial charge in [0, 0.05) is 6.42 Å². The van der Waals surface area contributed by atoms with E-state index in [2.05, 4.69) is 50.9 Å². The maximum Gasteiger partial charge on any atom is 0.107 e. The third-order valence-electron chi connectivity index (χ3n) is 11.9. The van der Waals surface area contributed by atoms with E-state index in [9.17, 15) is 5.11 Å². The Morgan fingerprint density at radius 1 is 1.03 bits per heavy atom. The van der Waals surface area contributed by atoms with Crippen molar-refractivity contribution < 1.29 is 5.11 Å². The lowest BCUT2D eigenvalue weighted by molar-refractivity contribution is -0.129. The van der Waals surface area contributed by atoms with Gasteiger partial charge in [0.15, 0.2) is 0 Å². The topological polar surface area (TPSA) is 48.9 Å². The molecule has 4 saturated carbocycles. The molecule has 0 radical (unpaired) electrons. The van der Waals surface area contributed by atoms with Crippen molar-refractivity contribution in [2.75, 3.05) is 0 Å². The highest BCUT2D eigenvalue weighted by atomic mass is 16.3. The molecule has 4 aliphatic carbocycles. The quantitative estimate of drug-likeness (QED) is 0.495. The molecule has 6 rings (SSSR count). The number of nitrogens with zero attached hydrogens (tertiary/aromatic N) is 1. The number of nitrogens with one attached hydrogen (secondary N) is 1. The number of fused-ring (bicyclic) bond motifs is 6. The van der Waals surface area contributed by atoms with Crippen molar-refractivity contribution in [3.63, 3.8) is 0 Å². The summed E-state index contributed by atoms with van der Waals surface area (Å²) in [6, 6.07) is 6.53. The average Bonchev–Trinajstić information content (AvgIpc) is 3.37. The molecule has 2 aromatic rings. The van der Waals surface area contributed by atoms with E-state index >= 15 is 0 Å². The van der Waals surface area contributed by atoms with Gasteiger partial charge in [0.05, 0.1) is 17.1 Å². The molecular weight excluding hydrogens is 416 g/mol. The van der Waals surface area contributed by atoms with Gasteiger partial charge in [-0.3, -0.25) is 0 Å². The van der Waals surface area contributed by atoms with Crippen molar-refractivity contribution in [2.45, 2.75) is 104 Å². The number of hydrogen-bond acceptors (Lipinski definition) is 2. The summed E-state index contributed by atoms with van der Waals surface area (Å²) < 4.78 is 0. The Labute approximate surface area is 206 Å². The molecule has 34 heavy (non-hydrogen) atoms. The first-order chi connectivity index (χ1) is 16.3. The highest BCUT2D eigenvalue weighted by molar-refractivity contribution is 5.75. The molecule has 3 heteroatoms. The second-order valence-corrected chi connectivity index (χ2v) is 13.5. The third kappa shape index (κ3) is 3.59. The molecule has 0 aliphatic heterocycles. The summed E-state index contributed by atoms with van der Waals surface area (Å²) in [5, 5.41) is 10.3. The van der Waals surface area contributed by atoms with Gasteiger partial charge in [-0.15, -0.1) is 0 Å². The first-order valence-electron chi connectivity index (χ1n) is 14.4. The molecule has 0 unspecified atom stereocenters. The van der Waals surface area contributed by atoms with Gasteiger partial charge in [-0.05, 0) is 135 Å². The zero-order valence-electron chi connectivity index (χ0n) is 21.9. The molecule has 0 amide bonds. The van der Waals surface area contributed by atoms with Crippen LogP contribution in [0.15, 0.2) is 18.2 Å². The van der Waals surface area contributed by atoms with Crippen LogP contribution in [0.1, 0.15) is 96.4 Å².